The van der Waals surface area contributed by atoms with Crippen LogP contribution in [0.15, 0.2) is 47.6 Å². The molecule has 0 spiro atoms. The van der Waals surface area contributed by atoms with Crippen molar-refractivity contribution >= 4 is 5.71 Å². The third-order valence-corrected chi connectivity index (χ3v) is 6.22. The van der Waals surface area contributed by atoms with Gasteiger partial charge in [0.05, 0.1) is 0 Å². The van der Waals surface area contributed by atoms with Gasteiger partial charge in [-0.25, -0.2) is 0 Å². The Morgan fingerprint density at radius 2 is 1.70 bits per heavy atom. The normalized spacial score (nSPS) is 21.4. The van der Waals surface area contributed by atoms with E-state index in [1.165, 1.54) is 22.3 Å². The topological polar surface area (TPSA) is 39.1 Å². The molecule has 1 saturated heterocycles. The van der Waals surface area contributed by atoms with Crippen molar-refractivity contribution in [2.75, 3.05) is 39.8 Å². The number of fused-ring (bicyclic) bond motifs is 2. The number of aryl methyl sites for hydroxylation is 2. The van der Waals surface area contributed by atoms with Crippen molar-refractivity contribution in [3.8, 4) is 0 Å². The molecule has 2 aromatic carbocycles. The molecule has 1 unspecified atom stereocenters. The maximum absolute atomic E-state index is 9.70. The Morgan fingerprint density at radius 3 is 2.44 bits per heavy atom. The molecule has 4 nitrogen and oxygen atoms in total. The van der Waals surface area contributed by atoms with E-state index in [9.17, 15) is 5.21 Å². The van der Waals surface area contributed by atoms with Crippen molar-refractivity contribution in [1.29, 1.82) is 0 Å². The molecule has 0 saturated carbocycles. The summed E-state index contributed by atoms with van der Waals surface area (Å²) < 4.78 is 0. The lowest BCUT2D eigenvalue weighted by Crippen LogP contribution is -2.46. The molecule has 1 aliphatic heterocycles. The van der Waals surface area contributed by atoms with Crippen molar-refractivity contribution < 1.29 is 5.21 Å². The van der Waals surface area contributed by atoms with Gasteiger partial charge in [-0.05, 0) is 48.2 Å². The lowest BCUT2D eigenvalue weighted by Gasteiger charge is -2.32. The molecule has 2 aliphatic rings. The third-order valence-electron chi connectivity index (χ3n) is 6.22. The van der Waals surface area contributed by atoms with Crippen LogP contribution < -0.4 is 0 Å². The smallest absolute Gasteiger partial charge is 0.101 e. The van der Waals surface area contributed by atoms with E-state index in [0.717, 1.165) is 50.3 Å². The van der Waals surface area contributed by atoms with Crippen LogP contribution in [0, 0.1) is 0 Å². The summed E-state index contributed by atoms with van der Waals surface area (Å²) in [6.07, 6.45) is 2.16. The van der Waals surface area contributed by atoms with E-state index in [2.05, 4.69) is 71.4 Å². The number of nitrogens with zero attached hydrogens (tertiary/aromatic N) is 3. The SMILES string of the molecule is CC1c2ccccc2CCc2ccc(/C(CN3CCN(C)CC3)=N/O)cc21. The summed E-state index contributed by atoms with van der Waals surface area (Å²) in [5, 5.41) is 13.4. The van der Waals surface area contributed by atoms with Gasteiger partial charge in [-0.3, -0.25) is 4.90 Å². The molecule has 27 heavy (non-hydrogen) atoms. The first kappa shape index (κ1) is 18.2. The molecule has 4 heteroatoms. The first-order chi connectivity index (χ1) is 13.2. The van der Waals surface area contributed by atoms with Crippen LogP contribution in [0.5, 0.6) is 0 Å². The Morgan fingerprint density at radius 1 is 1.00 bits per heavy atom. The highest BCUT2D eigenvalue weighted by Gasteiger charge is 2.22. The minimum Gasteiger partial charge on any atom is -0.411 e. The fourth-order valence-corrected chi connectivity index (χ4v) is 4.42. The van der Waals surface area contributed by atoms with Crippen LogP contribution in [0.3, 0.4) is 0 Å². The van der Waals surface area contributed by atoms with Gasteiger partial charge in [0.2, 0.25) is 0 Å². The largest absolute Gasteiger partial charge is 0.411 e. The zero-order valence-corrected chi connectivity index (χ0v) is 16.4. The average molecular weight is 364 g/mol. The Hall–Kier alpha value is -2.17. The summed E-state index contributed by atoms with van der Waals surface area (Å²) in [5.41, 5.74) is 7.48. The van der Waals surface area contributed by atoms with Crippen LogP contribution in [-0.2, 0) is 12.8 Å². The van der Waals surface area contributed by atoms with Gasteiger partial charge in [0, 0.05) is 44.2 Å². The summed E-state index contributed by atoms with van der Waals surface area (Å²) in [7, 11) is 2.16. The van der Waals surface area contributed by atoms with Crippen LogP contribution in [0.1, 0.15) is 40.7 Å². The van der Waals surface area contributed by atoms with Gasteiger partial charge in [-0.2, -0.15) is 0 Å². The molecule has 2 aromatic rings. The highest BCUT2D eigenvalue weighted by atomic mass is 16.4. The molecule has 1 atom stereocenters. The Balaban J connectivity index is 1.60. The summed E-state index contributed by atoms with van der Waals surface area (Å²) in [6, 6.07) is 15.4. The van der Waals surface area contributed by atoms with Gasteiger partial charge in [0.1, 0.15) is 5.71 Å². The first-order valence-corrected chi connectivity index (χ1v) is 9.98. The van der Waals surface area contributed by atoms with Crippen molar-refractivity contribution in [3.05, 3.63) is 70.3 Å². The van der Waals surface area contributed by atoms with E-state index in [0.29, 0.717) is 12.5 Å². The number of hydrogen-bond acceptors (Lipinski definition) is 4. The molecule has 0 amide bonds. The van der Waals surface area contributed by atoms with E-state index >= 15 is 0 Å². The number of likely N-dealkylation sites (N-methyl/N-ethyl adjacent to an activating group) is 1. The van der Waals surface area contributed by atoms with E-state index in [-0.39, 0.29) is 0 Å². The molecule has 1 aliphatic carbocycles. The predicted octanol–water partition coefficient (Wildman–Crippen LogP) is 3.36. The average Bonchev–Trinajstić information content (AvgIpc) is 2.84. The summed E-state index contributed by atoms with van der Waals surface area (Å²) in [6.45, 7) is 7.17. The second kappa shape index (κ2) is 7.83. The van der Waals surface area contributed by atoms with Crippen LogP contribution >= 0.6 is 0 Å². The minimum atomic E-state index is 0.363. The molecule has 1 fully saturated rings. The van der Waals surface area contributed by atoms with Gasteiger partial charge >= 0.3 is 0 Å². The van der Waals surface area contributed by atoms with Crippen LogP contribution in [0.4, 0.5) is 0 Å². The van der Waals surface area contributed by atoms with E-state index in [4.69, 9.17) is 0 Å². The standard InChI is InChI=1S/C23H29N3O/c1-17-21-6-4-3-5-18(21)7-8-19-9-10-20(15-22(17)19)23(24-27)16-26-13-11-25(2)12-14-26/h3-6,9-10,15,17,27H,7-8,11-14,16H2,1-2H3/b24-23+. The zero-order chi connectivity index (χ0) is 18.8. The molecule has 0 radical (unpaired) electrons. The molecular formula is C23H29N3O. The number of rotatable bonds is 3. The van der Waals surface area contributed by atoms with E-state index < -0.39 is 0 Å². The van der Waals surface area contributed by atoms with Crippen molar-refractivity contribution in [3.63, 3.8) is 0 Å². The first-order valence-electron chi connectivity index (χ1n) is 9.98. The van der Waals surface area contributed by atoms with Gasteiger partial charge < -0.3 is 10.1 Å². The van der Waals surface area contributed by atoms with Crippen molar-refractivity contribution in [2.45, 2.75) is 25.7 Å². The summed E-state index contributed by atoms with van der Waals surface area (Å²) >= 11 is 0. The maximum Gasteiger partial charge on any atom is 0.101 e. The number of hydrogen-bond donors (Lipinski definition) is 1. The van der Waals surface area contributed by atoms with Crippen LogP contribution in [-0.4, -0.2) is 60.5 Å². The Labute approximate surface area is 162 Å². The van der Waals surface area contributed by atoms with Crippen molar-refractivity contribution in [2.24, 2.45) is 5.16 Å². The monoisotopic (exact) mass is 363 g/mol. The lowest BCUT2D eigenvalue weighted by molar-refractivity contribution is 0.169. The fourth-order valence-electron chi connectivity index (χ4n) is 4.42. The van der Waals surface area contributed by atoms with Crippen LogP contribution in [0.25, 0.3) is 0 Å². The molecule has 142 valence electrons. The van der Waals surface area contributed by atoms with Crippen molar-refractivity contribution in [1.82, 2.24) is 9.80 Å². The quantitative estimate of drug-likeness (QED) is 0.516. The fraction of sp³-hybridized carbons (Fsp3) is 0.435. The van der Waals surface area contributed by atoms with Gasteiger partial charge in [-0.15, -0.1) is 0 Å². The second-order valence-electron chi connectivity index (χ2n) is 7.96. The third kappa shape index (κ3) is 3.78. The van der Waals surface area contributed by atoms with E-state index in [1.807, 2.05) is 0 Å². The molecular weight excluding hydrogens is 334 g/mol. The zero-order valence-electron chi connectivity index (χ0n) is 16.4. The van der Waals surface area contributed by atoms with E-state index in [1.54, 1.807) is 0 Å². The number of benzene rings is 2. The summed E-state index contributed by atoms with van der Waals surface area (Å²) in [5.74, 6) is 0.363. The highest BCUT2D eigenvalue weighted by Crippen LogP contribution is 2.34. The molecule has 4 rings (SSSR count). The number of piperazine rings is 1. The Kier molecular flexibility index (Phi) is 5.28. The van der Waals surface area contributed by atoms with Gasteiger partial charge in [-0.1, -0.05) is 48.5 Å². The lowest BCUT2D eigenvalue weighted by atomic mass is 9.88. The van der Waals surface area contributed by atoms with Gasteiger partial charge in [0.15, 0.2) is 0 Å². The minimum absolute atomic E-state index is 0.363. The predicted molar refractivity (Wildman–Crippen MR) is 110 cm³/mol. The van der Waals surface area contributed by atoms with Gasteiger partial charge in [0.25, 0.3) is 0 Å². The molecule has 1 heterocycles. The molecule has 0 aromatic heterocycles. The Bertz CT molecular complexity index is 837. The second-order valence-corrected chi connectivity index (χ2v) is 7.96. The summed E-state index contributed by atoms with van der Waals surface area (Å²) in [4.78, 5) is 4.72. The number of oxime groups is 1. The molecule has 0 bridgehead atoms. The highest BCUT2D eigenvalue weighted by molar-refractivity contribution is 6.02. The maximum atomic E-state index is 9.70. The molecule has 1 N–H and O–H groups in total. The van der Waals surface area contributed by atoms with Crippen LogP contribution in [0.2, 0.25) is 0 Å².